The summed E-state index contributed by atoms with van der Waals surface area (Å²) in [6.07, 6.45) is 0.661. The molecule has 0 amide bonds. The van der Waals surface area contributed by atoms with Gasteiger partial charge in [-0.05, 0) is 34.7 Å². The van der Waals surface area contributed by atoms with E-state index >= 15 is 0 Å². The number of fused-ring (bicyclic) bond motifs is 2. The average molecular weight is 299 g/mol. The SMILES string of the molecule is O=S1(=O)CCc2c(CN3Cc4ccccc4C3)cccc21. The van der Waals surface area contributed by atoms with Gasteiger partial charge in [0.05, 0.1) is 10.6 Å². The van der Waals surface area contributed by atoms with Crippen LogP contribution < -0.4 is 0 Å². The van der Waals surface area contributed by atoms with E-state index < -0.39 is 9.84 Å². The molecule has 0 unspecified atom stereocenters. The van der Waals surface area contributed by atoms with Crippen LogP contribution in [0.2, 0.25) is 0 Å². The van der Waals surface area contributed by atoms with E-state index in [2.05, 4.69) is 35.2 Å². The van der Waals surface area contributed by atoms with E-state index in [4.69, 9.17) is 0 Å². The number of nitrogens with zero attached hydrogens (tertiary/aromatic N) is 1. The maximum Gasteiger partial charge on any atom is 0.178 e. The Hall–Kier alpha value is -1.65. The Morgan fingerprint density at radius 3 is 2.38 bits per heavy atom. The number of benzene rings is 2. The predicted octanol–water partition coefficient (Wildman–Crippen LogP) is 2.53. The Bertz CT molecular complexity index is 786. The van der Waals surface area contributed by atoms with E-state index in [1.165, 1.54) is 16.7 Å². The minimum Gasteiger partial charge on any atom is -0.291 e. The molecule has 0 fully saturated rings. The van der Waals surface area contributed by atoms with E-state index in [-0.39, 0.29) is 5.75 Å². The Kier molecular flexibility index (Phi) is 2.91. The molecule has 0 spiro atoms. The van der Waals surface area contributed by atoms with Crippen molar-refractivity contribution in [3.8, 4) is 0 Å². The normalized spacial score (nSPS) is 19.4. The average Bonchev–Trinajstić information content (AvgIpc) is 3.00. The van der Waals surface area contributed by atoms with E-state index in [0.717, 1.165) is 25.2 Å². The molecule has 0 N–H and O–H groups in total. The Morgan fingerprint density at radius 1 is 0.952 bits per heavy atom. The van der Waals surface area contributed by atoms with Crippen molar-refractivity contribution < 1.29 is 8.42 Å². The standard InChI is InChI=1S/C17H17NO2S/c19-21(20)9-8-16-15(6-3-7-17(16)21)12-18-10-13-4-1-2-5-14(13)11-18/h1-7H,8-12H2. The van der Waals surface area contributed by atoms with Crippen LogP contribution in [-0.4, -0.2) is 19.1 Å². The van der Waals surface area contributed by atoms with Crippen molar-refractivity contribution in [1.29, 1.82) is 0 Å². The fourth-order valence-electron chi connectivity index (χ4n) is 3.44. The fraction of sp³-hybridized carbons (Fsp3) is 0.294. The lowest BCUT2D eigenvalue weighted by molar-refractivity contribution is 0.274. The van der Waals surface area contributed by atoms with Gasteiger partial charge < -0.3 is 0 Å². The molecule has 2 aliphatic rings. The van der Waals surface area contributed by atoms with Gasteiger partial charge in [-0.15, -0.1) is 0 Å². The zero-order chi connectivity index (χ0) is 14.4. The molecule has 108 valence electrons. The fourth-order valence-corrected chi connectivity index (χ4v) is 5.02. The first kappa shape index (κ1) is 13.0. The minimum absolute atomic E-state index is 0.263. The third-order valence-electron chi connectivity index (χ3n) is 4.49. The van der Waals surface area contributed by atoms with Crippen molar-refractivity contribution >= 4 is 9.84 Å². The summed E-state index contributed by atoms with van der Waals surface area (Å²) in [6.45, 7) is 2.73. The number of rotatable bonds is 2. The van der Waals surface area contributed by atoms with Gasteiger partial charge in [-0.2, -0.15) is 0 Å². The van der Waals surface area contributed by atoms with Crippen molar-refractivity contribution in [2.75, 3.05) is 5.75 Å². The van der Waals surface area contributed by atoms with E-state index in [0.29, 0.717) is 11.3 Å². The smallest absolute Gasteiger partial charge is 0.178 e. The summed E-state index contributed by atoms with van der Waals surface area (Å²) in [5.41, 5.74) is 4.98. The monoisotopic (exact) mass is 299 g/mol. The van der Waals surface area contributed by atoms with Crippen LogP contribution in [0.4, 0.5) is 0 Å². The van der Waals surface area contributed by atoms with Crippen LogP contribution in [0.5, 0.6) is 0 Å². The first-order valence-electron chi connectivity index (χ1n) is 7.26. The highest BCUT2D eigenvalue weighted by Crippen LogP contribution is 2.31. The molecular weight excluding hydrogens is 282 g/mol. The van der Waals surface area contributed by atoms with Gasteiger partial charge in [0, 0.05) is 19.6 Å². The number of hydrogen-bond acceptors (Lipinski definition) is 3. The summed E-state index contributed by atoms with van der Waals surface area (Å²) >= 11 is 0. The Morgan fingerprint density at radius 2 is 1.67 bits per heavy atom. The van der Waals surface area contributed by atoms with E-state index in [1.807, 2.05) is 6.07 Å². The molecule has 2 heterocycles. The van der Waals surface area contributed by atoms with Gasteiger partial charge in [0.2, 0.25) is 0 Å². The van der Waals surface area contributed by atoms with Crippen LogP contribution >= 0.6 is 0 Å². The van der Waals surface area contributed by atoms with Crippen molar-refractivity contribution in [1.82, 2.24) is 4.90 Å². The Labute approximate surface area is 125 Å². The highest BCUT2D eigenvalue weighted by Gasteiger charge is 2.28. The highest BCUT2D eigenvalue weighted by atomic mass is 32.2. The molecule has 2 aliphatic heterocycles. The first-order valence-corrected chi connectivity index (χ1v) is 8.91. The summed E-state index contributed by atoms with van der Waals surface area (Å²) in [5, 5.41) is 0. The van der Waals surface area contributed by atoms with Crippen LogP contribution in [0.3, 0.4) is 0 Å². The maximum absolute atomic E-state index is 12.0. The predicted molar refractivity (Wildman–Crippen MR) is 81.6 cm³/mol. The number of hydrogen-bond donors (Lipinski definition) is 0. The minimum atomic E-state index is -3.03. The van der Waals surface area contributed by atoms with Crippen LogP contribution in [0.25, 0.3) is 0 Å². The van der Waals surface area contributed by atoms with Crippen molar-refractivity contribution in [2.24, 2.45) is 0 Å². The van der Waals surface area contributed by atoms with Gasteiger partial charge in [-0.25, -0.2) is 8.42 Å². The quantitative estimate of drug-likeness (QED) is 0.855. The summed E-state index contributed by atoms with van der Waals surface area (Å²) in [6, 6.07) is 14.2. The van der Waals surface area contributed by atoms with E-state index in [9.17, 15) is 8.42 Å². The Balaban J connectivity index is 1.62. The molecule has 0 aromatic heterocycles. The molecule has 2 aromatic carbocycles. The molecule has 0 bridgehead atoms. The van der Waals surface area contributed by atoms with Gasteiger partial charge in [0.15, 0.2) is 9.84 Å². The molecule has 4 rings (SSSR count). The molecule has 4 heteroatoms. The second-order valence-electron chi connectivity index (χ2n) is 5.88. The third kappa shape index (κ3) is 2.19. The lowest BCUT2D eigenvalue weighted by atomic mass is 10.1. The van der Waals surface area contributed by atoms with Crippen LogP contribution in [0, 0.1) is 0 Å². The van der Waals surface area contributed by atoms with Crippen LogP contribution in [0.15, 0.2) is 47.4 Å². The summed E-state index contributed by atoms with van der Waals surface area (Å²) in [7, 11) is -3.03. The largest absolute Gasteiger partial charge is 0.291 e. The number of sulfone groups is 1. The molecule has 0 saturated carbocycles. The molecule has 2 aromatic rings. The second kappa shape index (κ2) is 4.68. The lowest BCUT2D eigenvalue weighted by Crippen LogP contribution is -2.16. The molecule has 0 atom stereocenters. The second-order valence-corrected chi connectivity index (χ2v) is 7.95. The van der Waals surface area contributed by atoms with Gasteiger partial charge >= 0.3 is 0 Å². The van der Waals surface area contributed by atoms with Crippen molar-refractivity contribution in [3.05, 3.63) is 64.7 Å². The topological polar surface area (TPSA) is 37.4 Å². The van der Waals surface area contributed by atoms with Gasteiger partial charge in [-0.1, -0.05) is 36.4 Å². The van der Waals surface area contributed by atoms with Gasteiger partial charge in [0.25, 0.3) is 0 Å². The highest BCUT2D eigenvalue weighted by molar-refractivity contribution is 7.91. The molecule has 21 heavy (non-hydrogen) atoms. The molecular formula is C17H17NO2S. The third-order valence-corrected chi connectivity index (χ3v) is 6.28. The summed E-state index contributed by atoms with van der Waals surface area (Å²) < 4.78 is 24.0. The van der Waals surface area contributed by atoms with Crippen LogP contribution in [-0.2, 0) is 35.9 Å². The molecule has 0 aliphatic carbocycles. The van der Waals surface area contributed by atoms with Gasteiger partial charge in [-0.3, -0.25) is 4.90 Å². The summed E-state index contributed by atoms with van der Waals surface area (Å²) in [4.78, 5) is 2.93. The summed E-state index contributed by atoms with van der Waals surface area (Å²) in [5.74, 6) is 0.263. The zero-order valence-electron chi connectivity index (χ0n) is 11.7. The van der Waals surface area contributed by atoms with Gasteiger partial charge in [0.1, 0.15) is 0 Å². The molecule has 3 nitrogen and oxygen atoms in total. The first-order chi connectivity index (χ1) is 10.1. The van der Waals surface area contributed by atoms with Crippen LogP contribution in [0.1, 0.15) is 22.3 Å². The molecule has 0 radical (unpaired) electrons. The lowest BCUT2D eigenvalue weighted by Gasteiger charge is -2.17. The van der Waals surface area contributed by atoms with Crippen molar-refractivity contribution in [2.45, 2.75) is 31.0 Å². The van der Waals surface area contributed by atoms with E-state index in [1.54, 1.807) is 6.07 Å². The zero-order valence-corrected chi connectivity index (χ0v) is 12.6. The maximum atomic E-state index is 12.0. The van der Waals surface area contributed by atoms with Crippen molar-refractivity contribution in [3.63, 3.8) is 0 Å². The molecule has 0 saturated heterocycles.